The van der Waals surface area contributed by atoms with Crippen LogP contribution in [0, 0.1) is 0 Å². The van der Waals surface area contributed by atoms with E-state index in [9.17, 15) is 14.4 Å². The number of nitrogens with two attached hydrogens (primary N) is 1. The van der Waals surface area contributed by atoms with Crippen LogP contribution in [0.2, 0.25) is 0 Å². The fraction of sp³-hybridized carbons (Fsp3) is 0.864. The number of hydrogen-bond acceptors (Lipinski definition) is 8. The molecule has 0 aliphatic rings. The number of unbranched alkanes of at least 4 members (excludes halogenated alkanes) is 10. The Kier molecular flexibility index (Phi) is 25.0. The Morgan fingerprint density at radius 3 is 1.84 bits per heavy atom. The first-order valence-corrected chi connectivity index (χ1v) is 11.3. The molecule has 0 heterocycles. The molecule has 0 aromatic carbocycles. The van der Waals surface area contributed by atoms with Gasteiger partial charge in [-0.05, 0) is 12.8 Å². The average molecular weight is 472 g/mol. The van der Waals surface area contributed by atoms with Crippen LogP contribution in [-0.4, -0.2) is 105 Å². The molecule has 0 aliphatic carbocycles. The van der Waals surface area contributed by atoms with Crippen LogP contribution in [0.5, 0.6) is 0 Å². The third-order valence-electron chi connectivity index (χ3n) is 4.80. The normalized spacial score (nSPS) is 12.5. The van der Waals surface area contributed by atoms with E-state index < -0.39 is 36.7 Å². The molecule has 0 aliphatic heterocycles. The first-order valence-electron chi connectivity index (χ1n) is 11.3. The minimum atomic E-state index is -1.17. The van der Waals surface area contributed by atoms with Crippen molar-refractivity contribution in [1.29, 1.82) is 0 Å². The van der Waals surface area contributed by atoms with Crippen molar-refractivity contribution in [2.45, 2.75) is 109 Å². The van der Waals surface area contributed by atoms with Crippen molar-refractivity contribution in [2.75, 3.05) is 13.2 Å². The summed E-state index contributed by atoms with van der Waals surface area (Å²) in [6, 6.07) is -1.06. The summed E-state index contributed by atoms with van der Waals surface area (Å²) in [6.45, 7) is 1.32. The van der Waals surface area contributed by atoms with Gasteiger partial charge < -0.3 is 25.4 Å². The number of rotatable bonds is 19. The van der Waals surface area contributed by atoms with E-state index >= 15 is 0 Å². The molecule has 0 spiro atoms. The van der Waals surface area contributed by atoms with Gasteiger partial charge in [-0.25, -0.2) is 0 Å². The van der Waals surface area contributed by atoms with E-state index in [2.05, 4.69) is 6.92 Å². The molecule has 0 aromatic rings. The zero-order valence-corrected chi connectivity index (χ0v) is 18.5. The van der Waals surface area contributed by atoms with E-state index in [0.29, 0.717) is 6.42 Å². The monoisotopic (exact) mass is 471 g/mol. The van der Waals surface area contributed by atoms with Crippen LogP contribution in [0.1, 0.15) is 96.8 Å². The summed E-state index contributed by atoms with van der Waals surface area (Å²) in [4.78, 5) is 34.9. The molecule has 31 heavy (non-hydrogen) atoms. The predicted molar refractivity (Wildman–Crippen MR) is 121 cm³/mol. The topological polar surface area (TPSA) is 136 Å². The van der Waals surface area contributed by atoms with Crippen molar-refractivity contribution < 1.29 is 34.1 Å². The molecule has 4 N–H and O–H groups in total. The fourth-order valence-corrected chi connectivity index (χ4v) is 2.89. The molecule has 0 amide bonds. The maximum absolute atomic E-state index is 11.7. The van der Waals surface area contributed by atoms with E-state index in [4.69, 9.17) is 25.4 Å². The molecule has 178 valence electrons. The van der Waals surface area contributed by atoms with Crippen LogP contribution in [-0.2, 0) is 23.9 Å². The molecule has 0 fully saturated rings. The summed E-state index contributed by atoms with van der Waals surface area (Å²) < 4.78 is 9.43. The third-order valence-corrected chi connectivity index (χ3v) is 4.80. The summed E-state index contributed by atoms with van der Waals surface area (Å²) in [5.41, 5.74) is 5.59. The van der Waals surface area contributed by atoms with Crippen LogP contribution >= 0.6 is 0 Å². The molecule has 0 saturated heterocycles. The van der Waals surface area contributed by atoms with Gasteiger partial charge in [0.25, 0.3) is 0 Å². The Bertz CT molecular complexity index is 477. The summed E-state index contributed by atoms with van der Waals surface area (Å²) >= 11 is 0. The van der Waals surface area contributed by atoms with Gasteiger partial charge in [0.1, 0.15) is 18.8 Å². The Morgan fingerprint density at radius 1 is 0.839 bits per heavy atom. The molecular weight excluding hydrogens is 429 g/mol. The maximum atomic E-state index is 11.7. The van der Waals surface area contributed by atoms with E-state index in [-0.39, 0.29) is 77.3 Å². The van der Waals surface area contributed by atoms with Gasteiger partial charge in [-0.2, -0.15) is 0 Å². The van der Waals surface area contributed by atoms with E-state index in [0.717, 1.165) is 12.8 Å². The van der Waals surface area contributed by atoms with E-state index in [1.165, 1.54) is 51.4 Å². The molecule has 9 heteroatoms. The van der Waals surface area contributed by atoms with Gasteiger partial charge in [0, 0.05) is 12.8 Å². The van der Waals surface area contributed by atoms with Crippen LogP contribution < -0.4 is 5.73 Å². The van der Waals surface area contributed by atoms with E-state index in [1.807, 2.05) is 0 Å². The van der Waals surface area contributed by atoms with E-state index in [1.54, 1.807) is 0 Å². The number of hydrogen-bond donors (Lipinski definition) is 3. The van der Waals surface area contributed by atoms with Crippen LogP contribution in [0.3, 0.4) is 0 Å². The van der Waals surface area contributed by atoms with Gasteiger partial charge in [-0.15, -0.1) is 0 Å². The summed E-state index contributed by atoms with van der Waals surface area (Å²) in [5, 5.41) is 17.7. The van der Waals surface area contributed by atoms with Gasteiger partial charge in [0.05, 0.1) is 6.61 Å². The SMILES string of the molecule is CCCCCCCCCCCCCC(=O)OC(=O)CC[C@H](N)C(=O)OCC(O)CO.[KH]. The van der Waals surface area contributed by atoms with Gasteiger partial charge >= 0.3 is 69.3 Å². The molecular formula is C22H42KNO7. The number of carbonyl (C=O) groups excluding carboxylic acids is 3. The number of ether oxygens (including phenoxy) is 2. The van der Waals surface area contributed by atoms with Crippen molar-refractivity contribution in [3.63, 3.8) is 0 Å². The summed E-state index contributed by atoms with van der Waals surface area (Å²) in [7, 11) is 0. The molecule has 8 nitrogen and oxygen atoms in total. The van der Waals surface area contributed by atoms with Crippen molar-refractivity contribution in [2.24, 2.45) is 5.73 Å². The average Bonchev–Trinajstić information content (AvgIpc) is 2.73. The Balaban J connectivity index is 0. The second-order valence-electron chi connectivity index (χ2n) is 7.74. The Hall–Kier alpha value is 0.126. The molecule has 0 saturated carbocycles. The van der Waals surface area contributed by atoms with Gasteiger partial charge in [-0.3, -0.25) is 14.4 Å². The second kappa shape index (κ2) is 23.3. The number of aliphatic hydroxyl groups is 2. The fourth-order valence-electron chi connectivity index (χ4n) is 2.89. The number of esters is 3. The number of aliphatic hydroxyl groups excluding tert-OH is 2. The van der Waals surface area contributed by atoms with Crippen molar-refractivity contribution in [3.05, 3.63) is 0 Å². The van der Waals surface area contributed by atoms with Crippen LogP contribution in [0.15, 0.2) is 0 Å². The molecule has 2 atom stereocenters. The summed E-state index contributed by atoms with van der Waals surface area (Å²) in [6.07, 6.45) is 11.8. The predicted octanol–water partition coefficient (Wildman–Crippen LogP) is 2.11. The van der Waals surface area contributed by atoms with Gasteiger partial charge in [-0.1, -0.05) is 71.1 Å². The van der Waals surface area contributed by atoms with Crippen molar-refractivity contribution in [1.82, 2.24) is 0 Å². The van der Waals surface area contributed by atoms with Crippen LogP contribution in [0.25, 0.3) is 0 Å². The Labute approximate surface area is 229 Å². The van der Waals surface area contributed by atoms with Crippen LogP contribution in [0.4, 0.5) is 0 Å². The van der Waals surface area contributed by atoms with Crippen molar-refractivity contribution in [3.8, 4) is 0 Å². The second-order valence-corrected chi connectivity index (χ2v) is 7.74. The Morgan fingerprint density at radius 2 is 1.32 bits per heavy atom. The zero-order valence-electron chi connectivity index (χ0n) is 18.5. The molecule has 1 unspecified atom stereocenters. The molecule has 0 aromatic heterocycles. The zero-order chi connectivity index (χ0) is 22.6. The molecule has 0 bridgehead atoms. The van der Waals surface area contributed by atoms with Gasteiger partial charge in [0.15, 0.2) is 0 Å². The standard InChI is InChI=1S/C22H41NO7.K.H/c1-2-3-4-5-6-7-8-9-10-11-12-13-20(26)30-21(27)15-14-19(23)22(28)29-17-18(25)16-24;;/h18-19,24-25H,2-17,23H2,1H3;;/t18?,19-;;/m0../s1. The first kappa shape index (κ1) is 33.3. The third kappa shape index (κ3) is 21.7. The minimum absolute atomic E-state index is 0. The van der Waals surface area contributed by atoms with Crippen molar-refractivity contribution >= 4 is 69.3 Å². The molecule has 0 rings (SSSR count). The first-order chi connectivity index (χ1) is 14.4. The number of carbonyl (C=O) groups is 3. The molecule has 0 radical (unpaired) electrons. The quantitative estimate of drug-likeness (QED) is 0.113. The summed E-state index contributed by atoms with van der Waals surface area (Å²) in [5.74, 6) is -2.07. The van der Waals surface area contributed by atoms with Gasteiger partial charge in [0.2, 0.25) is 0 Å².